The van der Waals surface area contributed by atoms with Crippen LogP contribution in [0.5, 0.6) is 0 Å². The lowest BCUT2D eigenvalue weighted by molar-refractivity contribution is -0.143. The summed E-state index contributed by atoms with van der Waals surface area (Å²) < 4.78 is 0. The number of hydrogen-bond acceptors (Lipinski definition) is 2. The van der Waals surface area contributed by atoms with E-state index in [1.54, 1.807) is 4.90 Å². The number of carbonyl (C=O) groups excluding carboxylic acids is 1. The largest absolute Gasteiger partial charge is 0.481 e. The molecule has 1 aliphatic rings. The van der Waals surface area contributed by atoms with Crippen molar-refractivity contribution < 1.29 is 14.7 Å². The SMILES string of the molecule is CC(C)CCCCCCNC(=O)N1CCC[C@@H](C(=O)O)C1. The Morgan fingerprint density at radius 1 is 1.24 bits per heavy atom. The van der Waals surface area contributed by atoms with Gasteiger partial charge in [0.05, 0.1) is 5.92 Å². The minimum Gasteiger partial charge on any atom is -0.481 e. The van der Waals surface area contributed by atoms with Gasteiger partial charge in [0.25, 0.3) is 0 Å². The Morgan fingerprint density at radius 2 is 1.95 bits per heavy atom. The molecule has 1 rings (SSSR count). The molecular weight excluding hydrogens is 268 g/mol. The van der Waals surface area contributed by atoms with Gasteiger partial charge in [-0.15, -0.1) is 0 Å². The van der Waals surface area contributed by atoms with Crippen LogP contribution < -0.4 is 5.32 Å². The smallest absolute Gasteiger partial charge is 0.317 e. The van der Waals surface area contributed by atoms with Gasteiger partial charge in [-0.3, -0.25) is 4.79 Å². The number of piperidine rings is 1. The van der Waals surface area contributed by atoms with Gasteiger partial charge in [0, 0.05) is 19.6 Å². The summed E-state index contributed by atoms with van der Waals surface area (Å²) in [6.07, 6.45) is 7.35. The van der Waals surface area contributed by atoms with Crippen LogP contribution in [0.15, 0.2) is 0 Å². The van der Waals surface area contributed by atoms with E-state index < -0.39 is 11.9 Å². The van der Waals surface area contributed by atoms with Crippen molar-refractivity contribution >= 4 is 12.0 Å². The standard InChI is InChI=1S/C16H30N2O3/c1-13(2)8-5-3-4-6-10-17-16(21)18-11-7-9-14(12-18)15(19)20/h13-14H,3-12H2,1-2H3,(H,17,21)(H,19,20)/t14-/m1/s1. The molecule has 0 aromatic rings. The molecule has 5 nitrogen and oxygen atoms in total. The number of urea groups is 1. The monoisotopic (exact) mass is 298 g/mol. The minimum absolute atomic E-state index is 0.108. The maximum Gasteiger partial charge on any atom is 0.317 e. The predicted octanol–water partition coefficient (Wildman–Crippen LogP) is 3.10. The third-order valence-corrected chi connectivity index (χ3v) is 4.04. The van der Waals surface area contributed by atoms with Crippen LogP contribution in [0.2, 0.25) is 0 Å². The van der Waals surface area contributed by atoms with E-state index in [9.17, 15) is 9.59 Å². The van der Waals surface area contributed by atoms with Gasteiger partial charge in [-0.05, 0) is 25.2 Å². The van der Waals surface area contributed by atoms with Gasteiger partial charge < -0.3 is 15.3 Å². The normalized spacial score (nSPS) is 18.8. The number of carboxylic acids is 1. The fourth-order valence-electron chi connectivity index (χ4n) is 2.70. The van der Waals surface area contributed by atoms with E-state index >= 15 is 0 Å². The summed E-state index contributed by atoms with van der Waals surface area (Å²) in [7, 11) is 0. The number of likely N-dealkylation sites (tertiary alicyclic amines) is 1. The summed E-state index contributed by atoms with van der Waals surface area (Å²) >= 11 is 0. The number of aliphatic carboxylic acids is 1. The Labute approximate surface area is 128 Å². The van der Waals surface area contributed by atoms with Crippen LogP contribution in [-0.4, -0.2) is 41.6 Å². The van der Waals surface area contributed by atoms with Crippen LogP contribution in [0.25, 0.3) is 0 Å². The van der Waals surface area contributed by atoms with Crippen LogP contribution in [0.4, 0.5) is 4.79 Å². The molecule has 1 saturated heterocycles. The predicted molar refractivity (Wildman–Crippen MR) is 83.3 cm³/mol. The Bertz CT molecular complexity index is 331. The molecule has 1 aliphatic heterocycles. The van der Waals surface area contributed by atoms with Crippen LogP contribution in [0.3, 0.4) is 0 Å². The second-order valence-corrected chi connectivity index (χ2v) is 6.45. The van der Waals surface area contributed by atoms with E-state index in [4.69, 9.17) is 5.11 Å². The van der Waals surface area contributed by atoms with E-state index in [2.05, 4.69) is 19.2 Å². The first-order valence-electron chi connectivity index (χ1n) is 8.26. The lowest BCUT2D eigenvalue weighted by Gasteiger charge is -2.30. The van der Waals surface area contributed by atoms with Gasteiger partial charge in [-0.25, -0.2) is 4.79 Å². The van der Waals surface area contributed by atoms with Gasteiger partial charge in [-0.2, -0.15) is 0 Å². The van der Waals surface area contributed by atoms with Crippen molar-refractivity contribution in [1.29, 1.82) is 0 Å². The highest BCUT2D eigenvalue weighted by Gasteiger charge is 2.27. The average molecular weight is 298 g/mol. The molecule has 0 radical (unpaired) electrons. The van der Waals surface area contributed by atoms with Gasteiger partial charge in [0.15, 0.2) is 0 Å². The maximum absolute atomic E-state index is 12.0. The van der Waals surface area contributed by atoms with Crippen molar-refractivity contribution in [3.05, 3.63) is 0 Å². The molecule has 0 aliphatic carbocycles. The van der Waals surface area contributed by atoms with Crippen LogP contribution in [0, 0.1) is 11.8 Å². The average Bonchev–Trinajstić information content (AvgIpc) is 2.45. The number of rotatable bonds is 8. The van der Waals surface area contributed by atoms with Crippen molar-refractivity contribution in [2.45, 2.75) is 58.8 Å². The molecule has 0 spiro atoms. The van der Waals surface area contributed by atoms with Crippen LogP contribution in [-0.2, 0) is 4.79 Å². The number of nitrogens with zero attached hydrogens (tertiary/aromatic N) is 1. The molecule has 1 heterocycles. The molecule has 2 amide bonds. The number of hydrogen-bond donors (Lipinski definition) is 2. The minimum atomic E-state index is -0.794. The quantitative estimate of drug-likeness (QED) is 0.676. The van der Waals surface area contributed by atoms with Crippen LogP contribution >= 0.6 is 0 Å². The molecule has 21 heavy (non-hydrogen) atoms. The molecule has 1 atom stereocenters. The number of unbranched alkanes of at least 4 members (excludes halogenated alkanes) is 3. The van der Waals surface area contributed by atoms with Crippen molar-refractivity contribution in [2.75, 3.05) is 19.6 Å². The Balaban J connectivity index is 2.09. The van der Waals surface area contributed by atoms with Crippen molar-refractivity contribution in [3.63, 3.8) is 0 Å². The fraction of sp³-hybridized carbons (Fsp3) is 0.875. The molecule has 122 valence electrons. The summed E-state index contributed by atoms with van der Waals surface area (Å²) in [6.45, 7) is 6.18. The summed E-state index contributed by atoms with van der Waals surface area (Å²) in [5.41, 5.74) is 0. The first-order valence-corrected chi connectivity index (χ1v) is 8.26. The highest BCUT2D eigenvalue weighted by atomic mass is 16.4. The summed E-state index contributed by atoms with van der Waals surface area (Å²) in [6, 6.07) is -0.108. The topological polar surface area (TPSA) is 69.6 Å². The lowest BCUT2D eigenvalue weighted by atomic mass is 9.99. The summed E-state index contributed by atoms with van der Waals surface area (Å²) in [4.78, 5) is 24.6. The third kappa shape index (κ3) is 7.34. The molecule has 0 aromatic heterocycles. The van der Waals surface area contributed by atoms with Crippen molar-refractivity contribution in [3.8, 4) is 0 Å². The molecule has 0 unspecified atom stereocenters. The van der Waals surface area contributed by atoms with E-state index in [1.165, 1.54) is 19.3 Å². The molecule has 5 heteroatoms. The Morgan fingerprint density at radius 3 is 2.62 bits per heavy atom. The molecule has 0 saturated carbocycles. The zero-order chi connectivity index (χ0) is 15.7. The fourth-order valence-corrected chi connectivity index (χ4v) is 2.70. The van der Waals surface area contributed by atoms with E-state index in [-0.39, 0.29) is 6.03 Å². The van der Waals surface area contributed by atoms with Crippen LogP contribution in [0.1, 0.15) is 58.8 Å². The van der Waals surface area contributed by atoms with E-state index in [0.29, 0.717) is 26.1 Å². The first-order chi connectivity index (χ1) is 10.0. The third-order valence-electron chi connectivity index (χ3n) is 4.04. The van der Waals surface area contributed by atoms with Gasteiger partial charge >= 0.3 is 12.0 Å². The molecule has 1 fully saturated rings. The van der Waals surface area contributed by atoms with Gasteiger partial charge in [0.2, 0.25) is 0 Å². The number of amides is 2. The maximum atomic E-state index is 12.0. The molecular formula is C16H30N2O3. The van der Waals surface area contributed by atoms with Crippen molar-refractivity contribution in [1.82, 2.24) is 10.2 Å². The highest BCUT2D eigenvalue weighted by molar-refractivity contribution is 5.76. The Kier molecular flexibility index (Phi) is 8.16. The number of nitrogens with one attached hydrogen (secondary N) is 1. The second-order valence-electron chi connectivity index (χ2n) is 6.45. The molecule has 0 bridgehead atoms. The Hall–Kier alpha value is -1.26. The van der Waals surface area contributed by atoms with Crippen molar-refractivity contribution in [2.24, 2.45) is 11.8 Å². The number of carboxylic acid groups (broad SMARTS) is 1. The first kappa shape index (κ1) is 17.8. The number of carbonyl (C=O) groups is 2. The molecule has 2 N–H and O–H groups in total. The van der Waals surface area contributed by atoms with E-state index in [0.717, 1.165) is 25.2 Å². The zero-order valence-electron chi connectivity index (χ0n) is 13.4. The highest BCUT2D eigenvalue weighted by Crippen LogP contribution is 2.16. The zero-order valence-corrected chi connectivity index (χ0v) is 13.4. The van der Waals surface area contributed by atoms with Gasteiger partial charge in [-0.1, -0.05) is 39.5 Å². The summed E-state index contributed by atoms with van der Waals surface area (Å²) in [5, 5.41) is 11.9. The van der Waals surface area contributed by atoms with E-state index in [1.807, 2.05) is 0 Å². The molecule has 0 aromatic carbocycles. The second kappa shape index (κ2) is 9.64. The summed E-state index contributed by atoms with van der Waals surface area (Å²) in [5.74, 6) is -0.427. The lowest BCUT2D eigenvalue weighted by Crippen LogP contribution is -2.47. The van der Waals surface area contributed by atoms with Gasteiger partial charge in [0.1, 0.15) is 0 Å².